The molecule has 0 aliphatic heterocycles. The van der Waals surface area contributed by atoms with Gasteiger partial charge in [0.25, 0.3) is 11.8 Å². The molecule has 28 heavy (non-hydrogen) atoms. The van der Waals surface area contributed by atoms with Crippen molar-refractivity contribution < 1.29 is 9.59 Å². The monoisotopic (exact) mass is 382 g/mol. The molecular weight excluding hydrogens is 352 g/mol. The predicted molar refractivity (Wildman–Crippen MR) is 112 cm³/mol. The van der Waals surface area contributed by atoms with Gasteiger partial charge in [0.15, 0.2) is 0 Å². The van der Waals surface area contributed by atoms with Gasteiger partial charge < -0.3 is 0 Å². The summed E-state index contributed by atoms with van der Waals surface area (Å²) in [5.74, 6) is 0.596. The van der Waals surface area contributed by atoms with Crippen molar-refractivity contribution in [2.24, 2.45) is 11.8 Å². The Hall–Kier alpha value is -2.70. The van der Waals surface area contributed by atoms with E-state index in [1.165, 1.54) is 0 Å². The third-order valence-electron chi connectivity index (χ3n) is 4.05. The van der Waals surface area contributed by atoms with Gasteiger partial charge in [0.2, 0.25) is 0 Å². The van der Waals surface area contributed by atoms with E-state index in [9.17, 15) is 9.59 Å². The molecule has 150 valence electrons. The van der Waals surface area contributed by atoms with Crippen LogP contribution in [0.5, 0.6) is 0 Å². The summed E-state index contributed by atoms with van der Waals surface area (Å²) in [6.45, 7) is 9.74. The third-order valence-corrected chi connectivity index (χ3v) is 4.05. The van der Waals surface area contributed by atoms with E-state index >= 15 is 0 Å². The van der Waals surface area contributed by atoms with Crippen molar-refractivity contribution in [1.82, 2.24) is 21.7 Å². The molecule has 0 heterocycles. The Morgan fingerprint density at radius 3 is 1.25 bits per heavy atom. The molecule has 0 aromatic heterocycles. The van der Waals surface area contributed by atoms with Crippen LogP contribution in [0.25, 0.3) is 11.1 Å². The smallest absolute Gasteiger partial charge is 0.265 e. The van der Waals surface area contributed by atoms with E-state index in [4.69, 9.17) is 0 Å². The summed E-state index contributed by atoms with van der Waals surface area (Å²) >= 11 is 0. The zero-order valence-corrected chi connectivity index (χ0v) is 17.0. The fourth-order valence-corrected chi connectivity index (χ4v) is 2.44. The van der Waals surface area contributed by atoms with Crippen LogP contribution in [0.4, 0.5) is 0 Å². The molecule has 0 unspecified atom stereocenters. The summed E-state index contributed by atoms with van der Waals surface area (Å²) < 4.78 is 0. The Bertz CT molecular complexity index is 701. The molecule has 0 radical (unpaired) electrons. The number of rotatable bonds is 9. The fourth-order valence-electron chi connectivity index (χ4n) is 2.44. The second kappa shape index (κ2) is 10.6. The van der Waals surface area contributed by atoms with Crippen molar-refractivity contribution in [3.63, 3.8) is 0 Å². The first kappa shape index (κ1) is 21.6. The Morgan fingerprint density at radius 2 is 0.964 bits per heavy atom. The highest BCUT2D eigenvalue weighted by Gasteiger charge is 2.08. The molecule has 0 aliphatic carbocycles. The van der Waals surface area contributed by atoms with E-state index in [2.05, 4.69) is 49.4 Å². The Labute approximate surface area is 167 Å². The molecule has 0 saturated carbocycles. The normalized spacial score (nSPS) is 10.9. The quantitative estimate of drug-likeness (QED) is 0.502. The molecule has 2 rings (SSSR count). The van der Waals surface area contributed by atoms with Crippen LogP contribution in [0, 0.1) is 11.8 Å². The second-order valence-electron chi connectivity index (χ2n) is 7.61. The van der Waals surface area contributed by atoms with E-state index in [0.29, 0.717) is 23.0 Å². The van der Waals surface area contributed by atoms with Crippen LogP contribution in [-0.2, 0) is 0 Å². The first-order valence-corrected chi connectivity index (χ1v) is 9.63. The van der Waals surface area contributed by atoms with Crippen molar-refractivity contribution in [2.75, 3.05) is 13.1 Å². The lowest BCUT2D eigenvalue weighted by molar-refractivity contribution is 0.0923. The van der Waals surface area contributed by atoms with Gasteiger partial charge in [0, 0.05) is 24.2 Å². The van der Waals surface area contributed by atoms with Gasteiger partial charge >= 0.3 is 0 Å². The summed E-state index contributed by atoms with van der Waals surface area (Å²) in [4.78, 5) is 24.2. The van der Waals surface area contributed by atoms with Gasteiger partial charge in [0.1, 0.15) is 0 Å². The highest BCUT2D eigenvalue weighted by Crippen LogP contribution is 2.20. The maximum absolute atomic E-state index is 12.1. The van der Waals surface area contributed by atoms with Gasteiger partial charge in [-0.1, -0.05) is 52.0 Å². The van der Waals surface area contributed by atoms with E-state index in [1.807, 2.05) is 24.3 Å². The molecule has 0 bridgehead atoms. The van der Waals surface area contributed by atoms with Crippen molar-refractivity contribution >= 4 is 11.8 Å². The lowest BCUT2D eigenvalue weighted by atomic mass is 10.0. The summed E-state index contributed by atoms with van der Waals surface area (Å²) in [6, 6.07) is 14.8. The van der Waals surface area contributed by atoms with Crippen LogP contribution in [0.1, 0.15) is 48.4 Å². The number of carbonyl (C=O) groups is 2. The minimum atomic E-state index is -0.159. The van der Waals surface area contributed by atoms with Gasteiger partial charge in [-0.15, -0.1) is 0 Å². The molecule has 0 saturated heterocycles. The number of carbonyl (C=O) groups excluding carboxylic acids is 2. The average molecular weight is 383 g/mol. The first-order chi connectivity index (χ1) is 13.4. The molecule has 2 aromatic carbocycles. The molecule has 2 amide bonds. The van der Waals surface area contributed by atoms with Gasteiger partial charge in [-0.05, 0) is 47.2 Å². The van der Waals surface area contributed by atoms with Crippen molar-refractivity contribution in [3.05, 3.63) is 59.7 Å². The number of benzene rings is 2. The molecule has 2 aromatic rings. The maximum Gasteiger partial charge on any atom is 0.265 e. The first-order valence-electron chi connectivity index (χ1n) is 9.63. The molecule has 6 nitrogen and oxygen atoms in total. The summed E-state index contributed by atoms with van der Waals surface area (Å²) in [5.41, 5.74) is 14.4. The number of hydrazine groups is 2. The van der Waals surface area contributed by atoms with Crippen LogP contribution in [0.15, 0.2) is 48.5 Å². The molecule has 0 fully saturated rings. The number of hydrogen-bond acceptors (Lipinski definition) is 4. The van der Waals surface area contributed by atoms with Gasteiger partial charge in [0.05, 0.1) is 0 Å². The highest BCUT2D eigenvalue weighted by atomic mass is 16.2. The molecule has 0 spiro atoms. The third kappa shape index (κ3) is 6.79. The summed E-state index contributed by atoms with van der Waals surface area (Å²) in [7, 11) is 0. The average Bonchev–Trinajstić information content (AvgIpc) is 2.67. The van der Waals surface area contributed by atoms with Gasteiger partial charge in [-0.3, -0.25) is 20.4 Å². The van der Waals surface area contributed by atoms with E-state index in [1.54, 1.807) is 24.3 Å². The topological polar surface area (TPSA) is 82.3 Å². The molecule has 0 aliphatic rings. The fraction of sp³-hybridized carbons (Fsp3) is 0.364. The molecular formula is C22H30N4O2. The zero-order chi connectivity index (χ0) is 20.5. The van der Waals surface area contributed by atoms with E-state index in [0.717, 1.165) is 24.2 Å². The maximum atomic E-state index is 12.1. The van der Waals surface area contributed by atoms with E-state index < -0.39 is 0 Å². The van der Waals surface area contributed by atoms with Crippen molar-refractivity contribution in [3.8, 4) is 11.1 Å². The minimum Gasteiger partial charge on any atom is -0.287 e. The van der Waals surface area contributed by atoms with Crippen LogP contribution >= 0.6 is 0 Å². The number of nitrogens with one attached hydrogen (secondary N) is 4. The summed E-state index contributed by atoms with van der Waals surface area (Å²) in [5, 5.41) is 0. The Balaban J connectivity index is 1.94. The van der Waals surface area contributed by atoms with Crippen LogP contribution in [-0.4, -0.2) is 24.9 Å². The number of amides is 2. The van der Waals surface area contributed by atoms with Crippen LogP contribution in [0.3, 0.4) is 0 Å². The molecule has 0 atom stereocenters. The lowest BCUT2D eigenvalue weighted by Crippen LogP contribution is -2.39. The molecule has 6 heteroatoms. The number of hydrogen-bond donors (Lipinski definition) is 4. The van der Waals surface area contributed by atoms with Crippen LogP contribution in [0.2, 0.25) is 0 Å². The standard InChI is InChI=1S/C22H30N4O2/c1-15(2)13-23-25-21(27)19-9-5-17(6-10-19)18-7-11-20(12-8-18)22(28)26-24-14-16(3)4/h5-12,15-16,23-24H,13-14H2,1-4H3,(H,25,27)(H,26,28). The largest absolute Gasteiger partial charge is 0.287 e. The van der Waals surface area contributed by atoms with Crippen molar-refractivity contribution in [2.45, 2.75) is 27.7 Å². The molecule has 4 N–H and O–H groups in total. The van der Waals surface area contributed by atoms with Crippen molar-refractivity contribution in [1.29, 1.82) is 0 Å². The van der Waals surface area contributed by atoms with Gasteiger partial charge in [-0.25, -0.2) is 10.9 Å². The van der Waals surface area contributed by atoms with Crippen LogP contribution < -0.4 is 21.7 Å². The van der Waals surface area contributed by atoms with E-state index in [-0.39, 0.29) is 11.8 Å². The Morgan fingerprint density at radius 1 is 0.643 bits per heavy atom. The zero-order valence-electron chi connectivity index (χ0n) is 17.0. The second-order valence-corrected chi connectivity index (χ2v) is 7.61. The minimum absolute atomic E-state index is 0.159. The summed E-state index contributed by atoms with van der Waals surface area (Å²) in [6.07, 6.45) is 0. The lowest BCUT2D eigenvalue weighted by Gasteiger charge is -2.10. The van der Waals surface area contributed by atoms with Gasteiger partial charge in [-0.2, -0.15) is 0 Å². The predicted octanol–water partition coefficient (Wildman–Crippen LogP) is 3.13. The highest BCUT2D eigenvalue weighted by molar-refractivity contribution is 5.95. The SMILES string of the molecule is CC(C)CNNC(=O)c1ccc(-c2ccc(C(=O)NNCC(C)C)cc2)cc1. The Kier molecular flexibility index (Phi) is 8.17.